The number of anilines is 1. The molecule has 1 saturated heterocycles. The number of thiocarbonyl (C=S) groups is 1. The third-order valence-corrected chi connectivity index (χ3v) is 6.33. The average molecular weight is 488 g/mol. The Morgan fingerprint density at radius 3 is 2.62 bits per heavy atom. The molecule has 34 heavy (non-hydrogen) atoms. The number of nitrogens with one attached hydrogen (secondary N) is 2. The van der Waals surface area contributed by atoms with Crippen LogP contribution >= 0.6 is 23.8 Å². The summed E-state index contributed by atoms with van der Waals surface area (Å²) in [6, 6.07) is 26.4. The quantitative estimate of drug-likeness (QED) is 0.369. The molecular weight excluding hydrogens is 466 g/mol. The Balaban J connectivity index is 1.52. The first kappa shape index (κ1) is 22.1. The highest BCUT2D eigenvalue weighted by molar-refractivity contribution is 7.80. The fraction of sp³-hybridized carbons (Fsp3) is 0.115. The number of para-hydroxylation sites is 1. The molecule has 1 fully saturated rings. The first-order valence-electron chi connectivity index (χ1n) is 10.9. The number of halogens is 1. The third-order valence-electron chi connectivity index (χ3n) is 5.74. The predicted octanol–water partition coefficient (Wildman–Crippen LogP) is 5.14. The minimum atomic E-state index is -0.266. The molecule has 2 aromatic heterocycles. The van der Waals surface area contributed by atoms with Crippen LogP contribution in [0, 0.1) is 0 Å². The van der Waals surface area contributed by atoms with Crippen LogP contribution < -0.4 is 10.6 Å². The number of carbonyl (C=O) groups is 1. The lowest BCUT2D eigenvalue weighted by atomic mass is 10.0. The largest absolute Gasteiger partial charge is 0.352 e. The Kier molecular flexibility index (Phi) is 6.29. The minimum Gasteiger partial charge on any atom is -0.352 e. The van der Waals surface area contributed by atoms with E-state index in [1.165, 1.54) is 0 Å². The second kappa shape index (κ2) is 9.67. The van der Waals surface area contributed by atoms with Gasteiger partial charge in [-0.15, -0.1) is 0 Å². The van der Waals surface area contributed by atoms with Crippen molar-refractivity contribution in [2.24, 2.45) is 0 Å². The average Bonchev–Trinajstić information content (AvgIpc) is 3.45. The molecule has 0 aliphatic carbocycles. The first-order valence-corrected chi connectivity index (χ1v) is 11.6. The van der Waals surface area contributed by atoms with Gasteiger partial charge in [-0.2, -0.15) is 0 Å². The maximum atomic E-state index is 13.0. The first-order chi connectivity index (χ1) is 16.6. The number of hydrogen-bond acceptors (Lipinski definition) is 3. The van der Waals surface area contributed by atoms with E-state index in [0.717, 1.165) is 22.8 Å². The van der Waals surface area contributed by atoms with E-state index in [4.69, 9.17) is 23.8 Å². The van der Waals surface area contributed by atoms with Gasteiger partial charge in [-0.25, -0.2) is 0 Å². The lowest BCUT2D eigenvalue weighted by molar-refractivity contribution is -0.116. The van der Waals surface area contributed by atoms with Crippen LogP contribution in [0.3, 0.4) is 0 Å². The summed E-state index contributed by atoms with van der Waals surface area (Å²) in [5, 5.41) is 7.50. The van der Waals surface area contributed by atoms with E-state index in [9.17, 15) is 4.79 Å². The van der Waals surface area contributed by atoms with E-state index >= 15 is 0 Å². The number of hydrogen-bond donors (Lipinski definition) is 2. The number of carbonyl (C=O) groups excluding carboxylic acids is 1. The molecular formula is C26H22ClN5OS. The Labute approximate surface area is 208 Å². The van der Waals surface area contributed by atoms with Crippen molar-refractivity contribution < 1.29 is 4.79 Å². The number of pyridine rings is 1. The fourth-order valence-electron chi connectivity index (χ4n) is 4.27. The van der Waals surface area contributed by atoms with E-state index in [1.54, 1.807) is 6.20 Å². The summed E-state index contributed by atoms with van der Waals surface area (Å²) in [5.74, 6) is -0.150. The summed E-state index contributed by atoms with van der Waals surface area (Å²) in [7, 11) is 0. The van der Waals surface area contributed by atoms with Crippen LogP contribution in [-0.2, 0) is 4.79 Å². The Morgan fingerprint density at radius 1 is 1.03 bits per heavy atom. The van der Waals surface area contributed by atoms with Crippen LogP contribution in [0.1, 0.15) is 23.5 Å². The summed E-state index contributed by atoms with van der Waals surface area (Å²) in [5.41, 5.74) is 3.49. The molecule has 2 aromatic carbocycles. The molecule has 2 atom stereocenters. The predicted molar refractivity (Wildman–Crippen MR) is 138 cm³/mol. The molecule has 6 nitrogen and oxygen atoms in total. The zero-order chi connectivity index (χ0) is 23.5. The maximum Gasteiger partial charge on any atom is 0.244 e. The lowest BCUT2D eigenvalue weighted by Gasteiger charge is -2.28. The van der Waals surface area contributed by atoms with Gasteiger partial charge in [-0.05, 0) is 66.8 Å². The topological polar surface area (TPSA) is 62.2 Å². The molecule has 0 saturated carbocycles. The van der Waals surface area contributed by atoms with Crippen molar-refractivity contribution in [1.82, 2.24) is 19.8 Å². The molecule has 1 amide bonds. The highest BCUT2D eigenvalue weighted by atomic mass is 35.5. The van der Waals surface area contributed by atoms with Crippen LogP contribution in [0.4, 0.5) is 5.69 Å². The standard InChI is InChI=1S/C26H22ClN5OS/c27-18-8-6-11-20(16-18)31-15-7-13-22(31)25-24(21-12-4-5-14-28-21)30-26(34)32(25)17-23(33)29-19-9-2-1-3-10-19/h1-16,24-25H,17H2,(H,29,33)(H,30,34)/t24-,25-/m1/s1. The zero-order valence-electron chi connectivity index (χ0n) is 18.1. The lowest BCUT2D eigenvalue weighted by Crippen LogP contribution is -2.37. The van der Waals surface area contributed by atoms with Gasteiger partial charge in [0.2, 0.25) is 5.91 Å². The van der Waals surface area contributed by atoms with Gasteiger partial charge >= 0.3 is 0 Å². The summed E-state index contributed by atoms with van der Waals surface area (Å²) in [6.45, 7) is 0.0927. The van der Waals surface area contributed by atoms with Crippen molar-refractivity contribution in [3.05, 3.63) is 114 Å². The van der Waals surface area contributed by atoms with Crippen LogP contribution in [0.25, 0.3) is 5.69 Å². The van der Waals surface area contributed by atoms with Gasteiger partial charge in [-0.1, -0.05) is 41.9 Å². The van der Waals surface area contributed by atoms with Crippen LogP contribution in [0.5, 0.6) is 0 Å². The molecule has 1 aliphatic heterocycles. The molecule has 170 valence electrons. The molecule has 2 N–H and O–H groups in total. The van der Waals surface area contributed by atoms with Gasteiger partial charge in [0.15, 0.2) is 5.11 Å². The molecule has 5 rings (SSSR count). The van der Waals surface area contributed by atoms with E-state index < -0.39 is 0 Å². The Hall–Kier alpha value is -3.68. The summed E-state index contributed by atoms with van der Waals surface area (Å²) in [6.07, 6.45) is 3.75. The number of nitrogens with zero attached hydrogens (tertiary/aromatic N) is 3. The van der Waals surface area contributed by atoms with Crippen LogP contribution in [0.2, 0.25) is 5.02 Å². The van der Waals surface area contributed by atoms with Gasteiger partial charge in [0.05, 0.1) is 17.8 Å². The van der Waals surface area contributed by atoms with Gasteiger partial charge < -0.3 is 20.1 Å². The fourth-order valence-corrected chi connectivity index (χ4v) is 4.76. The monoisotopic (exact) mass is 487 g/mol. The summed E-state index contributed by atoms with van der Waals surface area (Å²) >= 11 is 12.0. The molecule has 0 spiro atoms. The zero-order valence-corrected chi connectivity index (χ0v) is 19.7. The third kappa shape index (κ3) is 4.53. The Morgan fingerprint density at radius 2 is 1.85 bits per heavy atom. The molecule has 0 bridgehead atoms. The van der Waals surface area contributed by atoms with Gasteiger partial charge in [-0.3, -0.25) is 9.78 Å². The number of rotatable bonds is 6. The van der Waals surface area contributed by atoms with Crippen molar-refractivity contribution in [2.75, 3.05) is 11.9 Å². The summed E-state index contributed by atoms with van der Waals surface area (Å²) in [4.78, 5) is 19.5. The van der Waals surface area contributed by atoms with Gasteiger partial charge in [0.25, 0.3) is 0 Å². The van der Waals surface area contributed by atoms with E-state index in [0.29, 0.717) is 10.1 Å². The second-order valence-electron chi connectivity index (χ2n) is 7.95. The van der Waals surface area contributed by atoms with Crippen molar-refractivity contribution in [2.45, 2.75) is 12.1 Å². The molecule has 3 heterocycles. The van der Waals surface area contributed by atoms with E-state index in [-0.39, 0.29) is 24.5 Å². The SMILES string of the molecule is O=C(CN1C(=S)N[C@H](c2ccccn2)[C@H]1c1cccn1-c1cccc(Cl)c1)Nc1ccccc1. The van der Waals surface area contributed by atoms with Crippen molar-refractivity contribution in [3.8, 4) is 5.69 Å². The number of amides is 1. The van der Waals surface area contributed by atoms with E-state index in [1.807, 2.05) is 96.0 Å². The highest BCUT2D eigenvalue weighted by Crippen LogP contribution is 2.39. The maximum absolute atomic E-state index is 13.0. The summed E-state index contributed by atoms with van der Waals surface area (Å²) < 4.78 is 2.07. The van der Waals surface area contributed by atoms with Crippen molar-refractivity contribution in [1.29, 1.82) is 0 Å². The van der Waals surface area contributed by atoms with Gasteiger partial charge in [0.1, 0.15) is 6.54 Å². The van der Waals surface area contributed by atoms with Crippen LogP contribution in [-0.4, -0.2) is 32.0 Å². The van der Waals surface area contributed by atoms with Crippen molar-refractivity contribution in [3.63, 3.8) is 0 Å². The number of benzene rings is 2. The smallest absolute Gasteiger partial charge is 0.244 e. The normalized spacial score (nSPS) is 17.4. The molecule has 1 aliphatic rings. The minimum absolute atomic E-state index is 0.0927. The van der Waals surface area contributed by atoms with Gasteiger partial charge in [0, 0.05) is 34.5 Å². The highest BCUT2D eigenvalue weighted by Gasteiger charge is 2.42. The molecule has 0 unspecified atom stereocenters. The van der Waals surface area contributed by atoms with Crippen LogP contribution in [0.15, 0.2) is 97.3 Å². The molecule has 8 heteroatoms. The molecule has 0 radical (unpaired) electrons. The van der Waals surface area contributed by atoms with Crippen molar-refractivity contribution >= 4 is 40.5 Å². The van der Waals surface area contributed by atoms with E-state index in [2.05, 4.69) is 20.2 Å². The number of aromatic nitrogens is 2. The Bertz CT molecular complexity index is 1310. The second-order valence-corrected chi connectivity index (χ2v) is 8.77. The molecule has 4 aromatic rings.